The molecule has 0 saturated carbocycles. The van der Waals surface area contributed by atoms with E-state index in [0.717, 1.165) is 36.5 Å². The molecule has 0 N–H and O–H groups in total. The maximum Gasteiger partial charge on any atom is 0.229 e. The summed E-state index contributed by atoms with van der Waals surface area (Å²) in [5.74, 6) is 2.79. The van der Waals surface area contributed by atoms with Crippen LogP contribution in [0.25, 0.3) is 11.1 Å². The average molecular weight is 563 g/mol. The van der Waals surface area contributed by atoms with E-state index in [4.69, 9.17) is 13.9 Å². The molecular weight excluding hydrogens is 520 g/mol. The van der Waals surface area contributed by atoms with Crippen molar-refractivity contribution in [2.24, 2.45) is 0 Å². The summed E-state index contributed by atoms with van der Waals surface area (Å²) in [6.07, 6.45) is 3.03. The molecule has 41 heavy (non-hydrogen) atoms. The van der Waals surface area contributed by atoms with Crippen LogP contribution in [0, 0.1) is 0 Å². The monoisotopic (exact) mass is 562 g/mol. The number of fused-ring (bicyclic) bond motifs is 1. The normalized spacial score (nSPS) is 13.5. The van der Waals surface area contributed by atoms with Gasteiger partial charge in [-0.15, -0.1) is 0 Å². The summed E-state index contributed by atoms with van der Waals surface area (Å²) in [5, 5.41) is 0. The minimum atomic E-state index is -1.33. The summed E-state index contributed by atoms with van der Waals surface area (Å²) in [6.45, 7) is 11.8. The van der Waals surface area contributed by atoms with E-state index in [1.807, 2.05) is 6.07 Å². The molecule has 0 spiro atoms. The minimum absolute atomic E-state index is 0.0502. The molecule has 0 aliphatic heterocycles. The van der Waals surface area contributed by atoms with Gasteiger partial charge in [0, 0.05) is 5.56 Å². The first kappa shape index (κ1) is 28.8. The predicted octanol–water partition coefficient (Wildman–Crippen LogP) is 9.23. The van der Waals surface area contributed by atoms with E-state index in [1.165, 1.54) is 44.5 Å². The van der Waals surface area contributed by atoms with Gasteiger partial charge in [-0.1, -0.05) is 81.4 Å². The van der Waals surface area contributed by atoms with Crippen LogP contribution < -0.4 is 13.9 Å². The van der Waals surface area contributed by atoms with Crippen LogP contribution in [0.2, 0.25) is 13.1 Å². The van der Waals surface area contributed by atoms with Crippen molar-refractivity contribution >= 4 is 20.2 Å². The zero-order valence-corrected chi connectivity index (χ0v) is 26.4. The fraction of sp³-hybridized carbons (Fsp3) is 0.297. The number of methoxy groups -OCH3 is 1. The lowest BCUT2D eigenvalue weighted by molar-refractivity contribution is 0.306. The van der Waals surface area contributed by atoms with Crippen LogP contribution in [-0.4, -0.2) is 16.2 Å². The number of hydrogen-bond donors (Lipinski definition) is 0. The van der Waals surface area contributed by atoms with Gasteiger partial charge in [-0.2, -0.15) is 0 Å². The number of benzene rings is 4. The van der Waals surface area contributed by atoms with Gasteiger partial charge in [0.2, 0.25) is 9.04 Å². The Labute approximate surface area is 247 Å². The summed E-state index contributed by atoms with van der Waals surface area (Å²) < 4.78 is 18.4. The molecule has 4 heteroatoms. The Bertz CT molecular complexity index is 1510. The zero-order chi connectivity index (χ0) is 29.0. The third kappa shape index (κ3) is 6.77. The third-order valence-electron chi connectivity index (χ3n) is 7.68. The second kappa shape index (κ2) is 12.4. The van der Waals surface area contributed by atoms with Crippen molar-refractivity contribution < 1.29 is 13.9 Å². The van der Waals surface area contributed by atoms with Crippen molar-refractivity contribution in [3.05, 3.63) is 124 Å². The molecule has 0 radical (unpaired) electrons. The third-order valence-corrected chi connectivity index (χ3v) is 8.41. The maximum absolute atomic E-state index is 6.64. The molecule has 1 aliphatic rings. The number of aryl methyl sites for hydroxylation is 1. The van der Waals surface area contributed by atoms with E-state index in [0.29, 0.717) is 6.61 Å². The van der Waals surface area contributed by atoms with Crippen LogP contribution in [0.4, 0.5) is 0 Å². The molecule has 0 heterocycles. The zero-order valence-electron chi connectivity index (χ0n) is 25.3. The maximum atomic E-state index is 6.64. The highest BCUT2D eigenvalue weighted by molar-refractivity contribution is 6.49. The molecular formula is C37H42O3Si. The summed E-state index contributed by atoms with van der Waals surface area (Å²) in [4.78, 5) is 0. The van der Waals surface area contributed by atoms with Gasteiger partial charge in [0.05, 0.1) is 7.11 Å². The molecule has 0 aromatic heterocycles. The summed E-state index contributed by atoms with van der Waals surface area (Å²) >= 11 is 0. The first-order valence-corrected chi connectivity index (χ1v) is 17.5. The lowest BCUT2D eigenvalue weighted by atomic mass is 9.83. The molecule has 0 unspecified atom stereocenters. The van der Waals surface area contributed by atoms with Crippen LogP contribution >= 0.6 is 0 Å². The van der Waals surface area contributed by atoms with Crippen molar-refractivity contribution in [1.29, 1.82) is 0 Å². The van der Waals surface area contributed by atoms with Gasteiger partial charge in [0.1, 0.15) is 23.9 Å². The molecule has 4 aromatic rings. The Kier molecular flexibility index (Phi) is 8.70. The van der Waals surface area contributed by atoms with Crippen molar-refractivity contribution in [3.63, 3.8) is 0 Å². The topological polar surface area (TPSA) is 27.7 Å². The molecule has 0 amide bonds. The Balaban J connectivity index is 1.65. The summed E-state index contributed by atoms with van der Waals surface area (Å²) in [6, 6.07) is 32.3. The first-order valence-electron chi connectivity index (χ1n) is 14.7. The SMILES string of the molecule is COc1ccc(C2=C(c3ccc(C(C)(C)C)cc3O[SiH](C)C)CCCc3cc(OCc4ccccc4)ccc32)cc1. The first-order chi connectivity index (χ1) is 19.7. The Morgan fingerprint density at radius 3 is 2.15 bits per heavy atom. The summed E-state index contributed by atoms with van der Waals surface area (Å²) in [5.41, 5.74) is 10.1. The van der Waals surface area contributed by atoms with E-state index in [9.17, 15) is 0 Å². The molecule has 0 atom stereocenters. The number of allylic oxidation sites excluding steroid dienone is 1. The van der Waals surface area contributed by atoms with Crippen LogP contribution in [0.15, 0.2) is 91.0 Å². The lowest BCUT2D eigenvalue weighted by Crippen LogP contribution is -2.16. The Morgan fingerprint density at radius 2 is 1.46 bits per heavy atom. The molecule has 5 rings (SSSR count). The van der Waals surface area contributed by atoms with Crippen LogP contribution in [0.5, 0.6) is 17.2 Å². The van der Waals surface area contributed by atoms with Crippen molar-refractivity contribution in [2.75, 3.05) is 7.11 Å². The van der Waals surface area contributed by atoms with Crippen molar-refractivity contribution in [2.45, 2.75) is 65.1 Å². The van der Waals surface area contributed by atoms with Crippen molar-refractivity contribution in [3.8, 4) is 17.2 Å². The predicted molar refractivity (Wildman–Crippen MR) is 174 cm³/mol. The Hall–Kier alpha value is -3.76. The van der Waals surface area contributed by atoms with Gasteiger partial charge in [-0.05, 0) is 107 Å². The van der Waals surface area contributed by atoms with Crippen molar-refractivity contribution in [1.82, 2.24) is 0 Å². The van der Waals surface area contributed by atoms with Crippen LogP contribution in [0.1, 0.15) is 67.0 Å². The molecule has 0 fully saturated rings. The number of ether oxygens (including phenoxy) is 2. The van der Waals surface area contributed by atoms with Gasteiger partial charge in [-0.25, -0.2) is 0 Å². The highest BCUT2D eigenvalue weighted by Crippen LogP contribution is 2.44. The highest BCUT2D eigenvalue weighted by Gasteiger charge is 2.25. The lowest BCUT2D eigenvalue weighted by Gasteiger charge is -2.25. The number of rotatable bonds is 8. The van der Waals surface area contributed by atoms with Crippen LogP contribution in [0.3, 0.4) is 0 Å². The second-order valence-corrected chi connectivity index (χ2v) is 14.5. The average Bonchev–Trinajstić information content (AvgIpc) is 3.15. The standard InChI is InChI=1S/C37H42O3Si/c1-37(2,3)29-17-21-33(35(24-29)40-41(5)6)34-14-10-13-28-23-31(39-25-26-11-8-7-9-12-26)20-22-32(28)36(34)27-15-18-30(38-4)19-16-27/h7-9,11-12,15-24,41H,10,13-14,25H2,1-6H3. The molecule has 212 valence electrons. The fourth-order valence-corrected chi connectivity index (χ4v) is 6.24. The fourth-order valence-electron chi connectivity index (χ4n) is 5.54. The summed E-state index contributed by atoms with van der Waals surface area (Å²) in [7, 11) is 0.381. The second-order valence-electron chi connectivity index (χ2n) is 12.2. The van der Waals surface area contributed by atoms with Gasteiger partial charge in [0.15, 0.2) is 0 Å². The molecule has 3 nitrogen and oxygen atoms in total. The van der Waals surface area contributed by atoms with Gasteiger partial charge in [0.25, 0.3) is 0 Å². The Morgan fingerprint density at radius 1 is 0.756 bits per heavy atom. The van der Waals surface area contributed by atoms with E-state index in [1.54, 1.807) is 7.11 Å². The quantitative estimate of drug-likeness (QED) is 0.200. The smallest absolute Gasteiger partial charge is 0.229 e. The molecule has 0 bridgehead atoms. The minimum Gasteiger partial charge on any atom is -0.547 e. The van der Waals surface area contributed by atoms with Crippen LogP contribution in [-0.2, 0) is 18.4 Å². The van der Waals surface area contributed by atoms with E-state index >= 15 is 0 Å². The molecule has 1 aliphatic carbocycles. The van der Waals surface area contributed by atoms with E-state index in [-0.39, 0.29) is 5.41 Å². The van der Waals surface area contributed by atoms with Gasteiger partial charge >= 0.3 is 0 Å². The van der Waals surface area contributed by atoms with Gasteiger partial charge < -0.3 is 13.9 Å². The van der Waals surface area contributed by atoms with E-state index in [2.05, 4.69) is 119 Å². The largest absolute Gasteiger partial charge is 0.547 e. The molecule has 4 aromatic carbocycles. The molecule has 0 saturated heterocycles. The highest BCUT2D eigenvalue weighted by atomic mass is 28.3. The van der Waals surface area contributed by atoms with E-state index < -0.39 is 9.04 Å². The number of hydrogen-bond acceptors (Lipinski definition) is 3. The van der Waals surface area contributed by atoms with Gasteiger partial charge in [-0.3, -0.25) is 0 Å².